The average Bonchev–Trinajstić information content (AvgIpc) is 2.49. The molecule has 0 saturated heterocycles. The molecule has 0 aliphatic carbocycles. The van der Waals surface area contributed by atoms with Gasteiger partial charge in [0.1, 0.15) is 11.5 Å². The molecule has 4 nitrogen and oxygen atoms in total. The van der Waals surface area contributed by atoms with E-state index >= 15 is 0 Å². The van der Waals surface area contributed by atoms with E-state index in [9.17, 15) is 8.42 Å². The predicted octanol–water partition coefficient (Wildman–Crippen LogP) is 3.85. The summed E-state index contributed by atoms with van der Waals surface area (Å²) in [7, 11) is -3.50. The number of benzene rings is 2. The molecule has 0 unspecified atom stereocenters. The Balaban J connectivity index is 1.81. The van der Waals surface area contributed by atoms with Crippen molar-refractivity contribution in [1.29, 1.82) is 0 Å². The lowest BCUT2D eigenvalue weighted by Crippen LogP contribution is -2.05. The van der Waals surface area contributed by atoms with Crippen molar-refractivity contribution < 1.29 is 17.3 Å². The standard InChI is InChI=1S/C19H24O4S/c1-15(2)14-17-6-4-16(5-7-17)12-13-22-18-8-10-19(11-9-18)23-24(3,20)21/h4-11,15H,12-14H2,1-3H3. The third kappa shape index (κ3) is 6.62. The van der Waals surface area contributed by atoms with Crippen LogP contribution in [0.1, 0.15) is 25.0 Å². The van der Waals surface area contributed by atoms with Gasteiger partial charge in [-0.2, -0.15) is 8.42 Å². The van der Waals surface area contributed by atoms with Gasteiger partial charge >= 0.3 is 10.1 Å². The first-order valence-electron chi connectivity index (χ1n) is 8.02. The van der Waals surface area contributed by atoms with E-state index < -0.39 is 10.1 Å². The molecule has 0 aliphatic heterocycles. The molecule has 0 spiro atoms. The van der Waals surface area contributed by atoms with E-state index in [1.54, 1.807) is 24.3 Å². The largest absolute Gasteiger partial charge is 0.493 e. The second-order valence-electron chi connectivity index (χ2n) is 6.27. The molecule has 0 saturated carbocycles. The summed E-state index contributed by atoms with van der Waals surface area (Å²) in [5, 5.41) is 0. The summed E-state index contributed by atoms with van der Waals surface area (Å²) in [5.41, 5.74) is 2.59. The van der Waals surface area contributed by atoms with Gasteiger partial charge in [0.15, 0.2) is 0 Å². The van der Waals surface area contributed by atoms with E-state index in [4.69, 9.17) is 8.92 Å². The highest BCUT2D eigenvalue weighted by Crippen LogP contribution is 2.19. The molecule has 24 heavy (non-hydrogen) atoms. The number of hydrogen-bond donors (Lipinski definition) is 0. The molecule has 0 N–H and O–H groups in total. The third-order valence-corrected chi connectivity index (χ3v) is 3.89. The average molecular weight is 348 g/mol. The lowest BCUT2D eigenvalue weighted by molar-refractivity contribution is 0.321. The van der Waals surface area contributed by atoms with Gasteiger partial charge in [-0.1, -0.05) is 38.1 Å². The van der Waals surface area contributed by atoms with E-state index in [0.717, 1.165) is 19.1 Å². The van der Waals surface area contributed by atoms with Crippen molar-refractivity contribution in [1.82, 2.24) is 0 Å². The summed E-state index contributed by atoms with van der Waals surface area (Å²) in [6.45, 7) is 5.00. The summed E-state index contributed by atoms with van der Waals surface area (Å²) < 4.78 is 32.6. The van der Waals surface area contributed by atoms with Gasteiger partial charge in [0.2, 0.25) is 0 Å². The molecule has 0 heterocycles. The van der Waals surface area contributed by atoms with Crippen LogP contribution >= 0.6 is 0 Å². The molecule has 0 aliphatic rings. The summed E-state index contributed by atoms with van der Waals surface area (Å²) in [6, 6.07) is 15.2. The minimum Gasteiger partial charge on any atom is -0.493 e. The van der Waals surface area contributed by atoms with Gasteiger partial charge in [0, 0.05) is 6.42 Å². The zero-order chi connectivity index (χ0) is 17.6. The predicted molar refractivity (Wildman–Crippen MR) is 96.1 cm³/mol. The molecule has 2 rings (SSSR count). The molecule has 0 amide bonds. The Morgan fingerprint density at radius 3 is 1.96 bits per heavy atom. The van der Waals surface area contributed by atoms with E-state index in [1.807, 2.05) is 0 Å². The summed E-state index contributed by atoms with van der Waals surface area (Å²) in [4.78, 5) is 0. The van der Waals surface area contributed by atoms with Crippen LogP contribution in [-0.2, 0) is 23.0 Å². The normalized spacial score (nSPS) is 11.5. The van der Waals surface area contributed by atoms with Gasteiger partial charge in [0.05, 0.1) is 12.9 Å². The molecule has 0 fully saturated rings. The van der Waals surface area contributed by atoms with Crippen LogP contribution in [0, 0.1) is 5.92 Å². The molecular weight excluding hydrogens is 324 g/mol. The molecular formula is C19H24O4S. The van der Waals surface area contributed by atoms with Crippen LogP contribution in [0.5, 0.6) is 11.5 Å². The van der Waals surface area contributed by atoms with Crippen molar-refractivity contribution in [2.24, 2.45) is 5.92 Å². The van der Waals surface area contributed by atoms with Gasteiger partial charge in [-0.25, -0.2) is 0 Å². The summed E-state index contributed by atoms with van der Waals surface area (Å²) in [6.07, 6.45) is 2.94. The molecule has 0 atom stereocenters. The van der Waals surface area contributed by atoms with Crippen molar-refractivity contribution in [3.63, 3.8) is 0 Å². The number of rotatable bonds is 8. The quantitative estimate of drug-likeness (QED) is 0.680. The molecule has 0 aromatic heterocycles. The first-order chi connectivity index (χ1) is 11.3. The van der Waals surface area contributed by atoms with Gasteiger partial charge in [-0.3, -0.25) is 0 Å². The van der Waals surface area contributed by atoms with E-state index in [1.165, 1.54) is 11.1 Å². The van der Waals surface area contributed by atoms with Gasteiger partial charge < -0.3 is 8.92 Å². The van der Waals surface area contributed by atoms with Crippen molar-refractivity contribution >= 4 is 10.1 Å². The Kier molecular flexibility index (Phi) is 6.26. The summed E-state index contributed by atoms with van der Waals surface area (Å²) in [5.74, 6) is 1.63. The van der Waals surface area contributed by atoms with E-state index in [-0.39, 0.29) is 5.75 Å². The lowest BCUT2D eigenvalue weighted by atomic mass is 10.0. The Labute approximate surface area is 144 Å². The Hall–Kier alpha value is -2.01. The maximum Gasteiger partial charge on any atom is 0.306 e. The van der Waals surface area contributed by atoms with Crippen LogP contribution < -0.4 is 8.92 Å². The van der Waals surface area contributed by atoms with Crippen molar-refractivity contribution in [2.75, 3.05) is 12.9 Å². The van der Waals surface area contributed by atoms with Gasteiger partial charge in [0.25, 0.3) is 0 Å². The van der Waals surface area contributed by atoms with Crippen molar-refractivity contribution in [2.45, 2.75) is 26.7 Å². The van der Waals surface area contributed by atoms with Crippen molar-refractivity contribution in [3.8, 4) is 11.5 Å². The Morgan fingerprint density at radius 1 is 0.875 bits per heavy atom. The number of hydrogen-bond acceptors (Lipinski definition) is 4. The first kappa shape index (κ1) is 18.3. The molecule has 2 aromatic carbocycles. The minimum atomic E-state index is -3.50. The number of ether oxygens (including phenoxy) is 1. The van der Waals surface area contributed by atoms with Crippen molar-refractivity contribution in [3.05, 3.63) is 59.7 Å². The maximum absolute atomic E-state index is 11.0. The first-order valence-corrected chi connectivity index (χ1v) is 9.83. The molecule has 5 heteroatoms. The van der Waals surface area contributed by atoms with Gasteiger partial charge in [-0.15, -0.1) is 0 Å². The molecule has 0 bridgehead atoms. The minimum absolute atomic E-state index is 0.283. The highest BCUT2D eigenvalue weighted by Gasteiger charge is 2.04. The maximum atomic E-state index is 11.0. The Morgan fingerprint density at radius 2 is 1.42 bits per heavy atom. The molecule has 130 valence electrons. The van der Waals surface area contributed by atoms with Gasteiger partial charge in [-0.05, 0) is 47.7 Å². The topological polar surface area (TPSA) is 52.6 Å². The SMILES string of the molecule is CC(C)Cc1ccc(CCOc2ccc(OS(C)(=O)=O)cc2)cc1. The highest BCUT2D eigenvalue weighted by molar-refractivity contribution is 7.86. The zero-order valence-electron chi connectivity index (χ0n) is 14.4. The summed E-state index contributed by atoms with van der Waals surface area (Å²) >= 11 is 0. The third-order valence-electron chi connectivity index (χ3n) is 3.40. The lowest BCUT2D eigenvalue weighted by Gasteiger charge is -2.09. The zero-order valence-corrected chi connectivity index (χ0v) is 15.2. The van der Waals surface area contributed by atoms with Crippen LogP contribution in [0.15, 0.2) is 48.5 Å². The van der Waals surface area contributed by atoms with Crippen LogP contribution in [0.3, 0.4) is 0 Å². The van der Waals surface area contributed by atoms with Crippen LogP contribution in [0.4, 0.5) is 0 Å². The molecule has 2 aromatic rings. The van der Waals surface area contributed by atoms with Crippen LogP contribution in [0.2, 0.25) is 0 Å². The second-order valence-corrected chi connectivity index (χ2v) is 7.85. The van der Waals surface area contributed by atoms with Crippen LogP contribution in [-0.4, -0.2) is 21.3 Å². The highest BCUT2D eigenvalue weighted by atomic mass is 32.2. The van der Waals surface area contributed by atoms with E-state index in [0.29, 0.717) is 18.3 Å². The monoisotopic (exact) mass is 348 g/mol. The fourth-order valence-electron chi connectivity index (χ4n) is 2.37. The van der Waals surface area contributed by atoms with Crippen LogP contribution in [0.25, 0.3) is 0 Å². The molecule has 0 radical (unpaired) electrons. The fourth-order valence-corrected chi connectivity index (χ4v) is 2.83. The van der Waals surface area contributed by atoms with E-state index in [2.05, 4.69) is 38.1 Å². The fraction of sp³-hybridized carbons (Fsp3) is 0.368. The second kappa shape index (κ2) is 8.20. The smallest absolute Gasteiger partial charge is 0.306 e. The Bertz CT molecular complexity index is 732.